The lowest BCUT2D eigenvalue weighted by Gasteiger charge is -2.34. The molecule has 1 amide bonds. The Labute approximate surface area is 172 Å². The summed E-state index contributed by atoms with van der Waals surface area (Å²) in [6, 6.07) is 12.2. The molecular formula is C23H29N5O. The third-order valence-corrected chi connectivity index (χ3v) is 5.58. The molecule has 0 spiro atoms. The molecule has 2 fully saturated rings. The molecule has 1 aromatic heterocycles. The normalized spacial score (nSPS) is 18.0. The van der Waals surface area contributed by atoms with Crippen LogP contribution in [0, 0.1) is 6.92 Å². The van der Waals surface area contributed by atoms with E-state index in [4.69, 9.17) is 0 Å². The lowest BCUT2D eigenvalue weighted by molar-refractivity contribution is 0.0786. The molecule has 152 valence electrons. The van der Waals surface area contributed by atoms with Crippen LogP contribution in [0.5, 0.6) is 0 Å². The Morgan fingerprint density at radius 2 is 1.72 bits per heavy atom. The lowest BCUT2D eigenvalue weighted by atomic mass is 10.2. The van der Waals surface area contributed by atoms with Crippen LogP contribution in [-0.4, -0.2) is 71.5 Å². The molecule has 2 aliphatic heterocycles. The molecule has 0 atom stereocenters. The number of benzene rings is 1. The third kappa shape index (κ3) is 5.01. The van der Waals surface area contributed by atoms with Crippen LogP contribution in [0.1, 0.15) is 34.6 Å². The number of aryl methyl sites for hydroxylation is 1. The highest BCUT2D eigenvalue weighted by atomic mass is 16.2. The van der Waals surface area contributed by atoms with Crippen molar-refractivity contribution in [2.24, 2.45) is 0 Å². The molecular weight excluding hydrogens is 362 g/mol. The van der Waals surface area contributed by atoms with Gasteiger partial charge in [0.2, 0.25) is 5.95 Å². The first kappa shape index (κ1) is 19.6. The van der Waals surface area contributed by atoms with E-state index in [1.54, 1.807) is 0 Å². The summed E-state index contributed by atoms with van der Waals surface area (Å²) < 4.78 is 0. The Morgan fingerprint density at radius 3 is 2.45 bits per heavy atom. The molecule has 3 heterocycles. The van der Waals surface area contributed by atoms with Gasteiger partial charge in [-0.15, -0.1) is 0 Å². The maximum Gasteiger partial charge on any atom is 0.272 e. The summed E-state index contributed by atoms with van der Waals surface area (Å²) in [7, 11) is 0. The van der Waals surface area contributed by atoms with Crippen LogP contribution in [0.25, 0.3) is 6.08 Å². The van der Waals surface area contributed by atoms with E-state index in [-0.39, 0.29) is 5.91 Å². The number of hydrogen-bond donors (Lipinski definition) is 0. The van der Waals surface area contributed by atoms with Gasteiger partial charge in [0.05, 0.1) is 0 Å². The maximum absolute atomic E-state index is 12.7. The van der Waals surface area contributed by atoms with Crippen LogP contribution in [0.4, 0.5) is 5.95 Å². The Kier molecular flexibility index (Phi) is 6.20. The summed E-state index contributed by atoms with van der Waals surface area (Å²) in [6.07, 6.45) is 6.57. The van der Waals surface area contributed by atoms with E-state index >= 15 is 0 Å². The molecule has 0 radical (unpaired) electrons. The number of anilines is 1. The fraction of sp³-hybridized carbons (Fsp3) is 0.435. The predicted molar refractivity (Wildman–Crippen MR) is 116 cm³/mol. The summed E-state index contributed by atoms with van der Waals surface area (Å²) in [6.45, 7) is 8.24. The molecule has 0 unspecified atom stereocenters. The summed E-state index contributed by atoms with van der Waals surface area (Å²) in [5.74, 6) is 0.728. The second-order valence-electron chi connectivity index (χ2n) is 7.79. The zero-order chi connectivity index (χ0) is 20.1. The van der Waals surface area contributed by atoms with Crippen molar-refractivity contribution < 1.29 is 4.79 Å². The number of hydrogen-bond acceptors (Lipinski definition) is 5. The molecule has 4 rings (SSSR count). The van der Waals surface area contributed by atoms with Gasteiger partial charge in [-0.3, -0.25) is 9.69 Å². The number of piperazine rings is 1. The largest absolute Gasteiger partial charge is 0.338 e. The van der Waals surface area contributed by atoms with E-state index in [0.717, 1.165) is 64.3 Å². The van der Waals surface area contributed by atoms with Crippen molar-refractivity contribution in [3.8, 4) is 0 Å². The van der Waals surface area contributed by atoms with Gasteiger partial charge in [-0.05, 0) is 31.4 Å². The van der Waals surface area contributed by atoms with Gasteiger partial charge < -0.3 is 9.80 Å². The smallest absolute Gasteiger partial charge is 0.272 e. The highest BCUT2D eigenvalue weighted by Crippen LogP contribution is 2.17. The number of rotatable bonds is 5. The number of carbonyl (C=O) groups excluding carboxylic acids is 1. The zero-order valence-electron chi connectivity index (χ0n) is 17.1. The maximum atomic E-state index is 12.7. The molecule has 2 aliphatic rings. The van der Waals surface area contributed by atoms with Crippen LogP contribution < -0.4 is 4.90 Å². The number of aromatic nitrogens is 2. The van der Waals surface area contributed by atoms with Gasteiger partial charge >= 0.3 is 0 Å². The molecule has 6 nitrogen and oxygen atoms in total. The van der Waals surface area contributed by atoms with Crippen molar-refractivity contribution in [1.29, 1.82) is 0 Å². The van der Waals surface area contributed by atoms with Gasteiger partial charge in [-0.2, -0.15) is 0 Å². The fourth-order valence-electron chi connectivity index (χ4n) is 3.92. The SMILES string of the molecule is Cc1cc(C(=O)N2CCCC2)nc(N2CCN(C/C=C/c3ccccc3)CC2)n1. The first-order valence-corrected chi connectivity index (χ1v) is 10.5. The van der Waals surface area contributed by atoms with Gasteiger partial charge in [0.15, 0.2) is 0 Å². The Balaban J connectivity index is 1.34. The summed E-state index contributed by atoms with van der Waals surface area (Å²) >= 11 is 0. The molecule has 0 aliphatic carbocycles. The van der Waals surface area contributed by atoms with Crippen molar-refractivity contribution in [2.75, 3.05) is 50.7 Å². The quantitative estimate of drug-likeness (QED) is 0.785. The average molecular weight is 392 g/mol. The second-order valence-corrected chi connectivity index (χ2v) is 7.79. The average Bonchev–Trinajstić information content (AvgIpc) is 3.29. The molecule has 0 bridgehead atoms. The highest BCUT2D eigenvalue weighted by molar-refractivity contribution is 5.92. The van der Waals surface area contributed by atoms with Crippen LogP contribution in [0.15, 0.2) is 42.5 Å². The monoisotopic (exact) mass is 391 g/mol. The molecule has 0 saturated carbocycles. The van der Waals surface area contributed by atoms with Gasteiger partial charge in [0.1, 0.15) is 5.69 Å². The minimum absolute atomic E-state index is 0.0407. The molecule has 2 aromatic rings. The Morgan fingerprint density at radius 1 is 1.00 bits per heavy atom. The van der Waals surface area contributed by atoms with E-state index in [1.807, 2.05) is 24.0 Å². The van der Waals surface area contributed by atoms with Gasteiger partial charge in [0, 0.05) is 51.5 Å². The third-order valence-electron chi connectivity index (χ3n) is 5.58. The standard InChI is InChI=1S/C23H29N5O/c1-19-18-21(22(29)27-12-5-6-13-27)25-23(24-19)28-16-14-26(15-17-28)11-7-10-20-8-3-2-4-9-20/h2-4,7-10,18H,5-6,11-17H2,1H3/b10-7+. The zero-order valence-corrected chi connectivity index (χ0v) is 17.1. The number of carbonyl (C=O) groups is 1. The lowest BCUT2D eigenvalue weighted by Crippen LogP contribution is -2.47. The number of likely N-dealkylation sites (tertiary alicyclic amines) is 1. The van der Waals surface area contributed by atoms with E-state index < -0.39 is 0 Å². The number of nitrogens with zero attached hydrogens (tertiary/aromatic N) is 5. The van der Waals surface area contributed by atoms with Gasteiger partial charge in [-0.1, -0.05) is 42.5 Å². The van der Waals surface area contributed by atoms with Gasteiger partial charge in [-0.25, -0.2) is 9.97 Å². The van der Waals surface area contributed by atoms with Crippen LogP contribution in [0.3, 0.4) is 0 Å². The van der Waals surface area contributed by atoms with Crippen LogP contribution >= 0.6 is 0 Å². The first-order chi connectivity index (χ1) is 14.2. The van der Waals surface area contributed by atoms with Gasteiger partial charge in [0.25, 0.3) is 5.91 Å². The van der Waals surface area contributed by atoms with E-state index in [1.165, 1.54) is 5.56 Å². The van der Waals surface area contributed by atoms with E-state index in [2.05, 4.69) is 56.2 Å². The molecule has 6 heteroatoms. The Hall–Kier alpha value is -2.73. The van der Waals surface area contributed by atoms with Crippen molar-refractivity contribution >= 4 is 17.9 Å². The molecule has 1 aromatic carbocycles. The molecule has 2 saturated heterocycles. The topological polar surface area (TPSA) is 52.6 Å². The van der Waals surface area contributed by atoms with E-state index in [0.29, 0.717) is 11.6 Å². The Bertz CT molecular complexity index is 853. The summed E-state index contributed by atoms with van der Waals surface area (Å²) in [5.41, 5.74) is 2.61. The van der Waals surface area contributed by atoms with Crippen molar-refractivity contribution in [2.45, 2.75) is 19.8 Å². The predicted octanol–water partition coefficient (Wildman–Crippen LogP) is 2.86. The molecule has 29 heavy (non-hydrogen) atoms. The highest BCUT2D eigenvalue weighted by Gasteiger charge is 2.24. The van der Waals surface area contributed by atoms with Crippen LogP contribution in [-0.2, 0) is 0 Å². The number of amides is 1. The fourth-order valence-corrected chi connectivity index (χ4v) is 3.92. The second kappa shape index (κ2) is 9.18. The van der Waals surface area contributed by atoms with Crippen LogP contribution in [0.2, 0.25) is 0 Å². The molecule has 0 N–H and O–H groups in total. The summed E-state index contributed by atoms with van der Waals surface area (Å²) in [4.78, 5) is 28.5. The van der Waals surface area contributed by atoms with Crippen molar-refractivity contribution in [3.63, 3.8) is 0 Å². The van der Waals surface area contributed by atoms with Crippen molar-refractivity contribution in [1.82, 2.24) is 19.8 Å². The first-order valence-electron chi connectivity index (χ1n) is 10.5. The minimum atomic E-state index is 0.0407. The van der Waals surface area contributed by atoms with E-state index in [9.17, 15) is 4.79 Å². The van der Waals surface area contributed by atoms with Crippen molar-refractivity contribution in [3.05, 3.63) is 59.4 Å². The summed E-state index contributed by atoms with van der Waals surface area (Å²) in [5, 5.41) is 0. The minimum Gasteiger partial charge on any atom is -0.338 e.